The van der Waals surface area contributed by atoms with Crippen LogP contribution in [0.3, 0.4) is 0 Å². The van der Waals surface area contributed by atoms with Crippen molar-refractivity contribution in [2.24, 2.45) is 0 Å². The van der Waals surface area contributed by atoms with E-state index < -0.39 is 29.4 Å². The summed E-state index contributed by atoms with van der Waals surface area (Å²) in [6.07, 6.45) is 2.13. The Balaban J connectivity index is 1.87. The van der Waals surface area contributed by atoms with Gasteiger partial charge in [0.15, 0.2) is 0 Å². The van der Waals surface area contributed by atoms with Crippen LogP contribution in [0.1, 0.15) is 33.1 Å². The first-order valence-corrected chi connectivity index (χ1v) is 8.54. The molecule has 0 aromatic heterocycles. The van der Waals surface area contributed by atoms with E-state index in [4.69, 9.17) is 9.47 Å². The lowest BCUT2D eigenvalue weighted by Crippen LogP contribution is -2.63. The number of carbonyl (C=O) groups is 3. The summed E-state index contributed by atoms with van der Waals surface area (Å²) in [5.41, 5.74) is -1.19. The highest BCUT2D eigenvalue weighted by Crippen LogP contribution is 2.35. The molecule has 3 rings (SSSR count). The minimum absolute atomic E-state index is 0.249. The second-order valence-electron chi connectivity index (χ2n) is 6.35. The van der Waals surface area contributed by atoms with Crippen molar-refractivity contribution in [2.45, 2.75) is 44.8 Å². The number of hydrogen-bond donors (Lipinski definition) is 1. The van der Waals surface area contributed by atoms with Gasteiger partial charge in [0.1, 0.15) is 11.8 Å². The van der Waals surface area contributed by atoms with Crippen LogP contribution >= 0.6 is 0 Å². The van der Waals surface area contributed by atoms with Crippen LogP contribution in [0.5, 0.6) is 5.75 Å². The number of piperidine rings is 1. The number of esters is 1. The van der Waals surface area contributed by atoms with Crippen LogP contribution in [0.25, 0.3) is 0 Å². The van der Waals surface area contributed by atoms with E-state index in [2.05, 4.69) is 5.32 Å². The molecule has 2 heterocycles. The lowest BCUT2D eigenvalue weighted by atomic mass is 9.95. The fraction of sp³-hybridized carbons (Fsp3) is 0.500. The SMILES string of the molecule is CCOC(=O)C1CCCCN1C(=O)C1(C)Oc2ccccc2NC1=O. The summed E-state index contributed by atoms with van der Waals surface area (Å²) in [4.78, 5) is 39.4. The average molecular weight is 346 g/mol. The van der Waals surface area contributed by atoms with Crippen molar-refractivity contribution in [2.75, 3.05) is 18.5 Å². The van der Waals surface area contributed by atoms with Crippen LogP contribution in [-0.2, 0) is 19.1 Å². The molecule has 2 unspecified atom stereocenters. The number of likely N-dealkylation sites (tertiary alicyclic amines) is 1. The molecule has 7 nitrogen and oxygen atoms in total. The van der Waals surface area contributed by atoms with Gasteiger partial charge in [-0.15, -0.1) is 0 Å². The Kier molecular flexibility index (Phi) is 4.65. The molecule has 2 amide bonds. The van der Waals surface area contributed by atoms with Gasteiger partial charge in [-0.25, -0.2) is 4.79 Å². The van der Waals surface area contributed by atoms with E-state index in [1.807, 2.05) is 0 Å². The average Bonchev–Trinajstić information content (AvgIpc) is 2.62. The highest BCUT2D eigenvalue weighted by Gasteiger charge is 2.51. The molecule has 1 fully saturated rings. The number of hydrogen-bond acceptors (Lipinski definition) is 5. The van der Waals surface area contributed by atoms with Crippen LogP contribution in [0.15, 0.2) is 24.3 Å². The molecule has 0 spiro atoms. The molecular weight excluding hydrogens is 324 g/mol. The third-order valence-electron chi connectivity index (χ3n) is 4.61. The van der Waals surface area contributed by atoms with E-state index in [1.54, 1.807) is 31.2 Å². The van der Waals surface area contributed by atoms with Crippen LogP contribution in [0.2, 0.25) is 0 Å². The second kappa shape index (κ2) is 6.74. The van der Waals surface area contributed by atoms with Crippen molar-refractivity contribution >= 4 is 23.5 Å². The molecule has 0 bridgehead atoms. The molecule has 2 atom stereocenters. The van der Waals surface area contributed by atoms with Crippen LogP contribution in [0, 0.1) is 0 Å². The van der Waals surface area contributed by atoms with E-state index in [9.17, 15) is 14.4 Å². The van der Waals surface area contributed by atoms with Crippen LogP contribution in [-0.4, -0.2) is 47.5 Å². The zero-order valence-electron chi connectivity index (χ0n) is 14.4. The molecule has 1 aromatic rings. The molecule has 0 radical (unpaired) electrons. The van der Waals surface area contributed by atoms with Crippen molar-refractivity contribution in [3.8, 4) is 5.75 Å². The molecule has 1 aromatic carbocycles. The van der Waals surface area contributed by atoms with E-state index in [1.165, 1.54) is 11.8 Å². The number of nitrogens with one attached hydrogen (secondary N) is 1. The van der Waals surface area contributed by atoms with E-state index in [-0.39, 0.29) is 6.61 Å². The van der Waals surface area contributed by atoms with Crippen LogP contribution < -0.4 is 10.1 Å². The Morgan fingerprint density at radius 3 is 2.88 bits per heavy atom. The molecule has 0 saturated carbocycles. The van der Waals surface area contributed by atoms with E-state index >= 15 is 0 Å². The van der Waals surface area contributed by atoms with Gasteiger partial charge >= 0.3 is 5.97 Å². The molecule has 7 heteroatoms. The number of nitrogens with zero attached hydrogens (tertiary/aromatic N) is 1. The molecule has 1 saturated heterocycles. The highest BCUT2D eigenvalue weighted by atomic mass is 16.5. The summed E-state index contributed by atoms with van der Waals surface area (Å²) in [5.74, 6) is -1.06. The van der Waals surface area contributed by atoms with Crippen molar-refractivity contribution in [1.82, 2.24) is 4.90 Å². The van der Waals surface area contributed by atoms with E-state index in [0.717, 1.165) is 12.8 Å². The maximum absolute atomic E-state index is 13.1. The fourth-order valence-electron chi connectivity index (χ4n) is 3.24. The Morgan fingerprint density at radius 2 is 2.12 bits per heavy atom. The first-order valence-electron chi connectivity index (χ1n) is 8.54. The number of fused-ring (bicyclic) bond motifs is 1. The van der Waals surface area contributed by atoms with Crippen molar-refractivity contribution in [3.63, 3.8) is 0 Å². The predicted molar refractivity (Wildman–Crippen MR) is 90.1 cm³/mol. The number of rotatable bonds is 3. The van der Waals surface area contributed by atoms with Crippen LogP contribution in [0.4, 0.5) is 5.69 Å². The monoisotopic (exact) mass is 346 g/mol. The van der Waals surface area contributed by atoms with Crippen molar-refractivity contribution in [3.05, 3.63) is 24.3 Å². The van der Waals surface area contributed by atoms with Gasteiger partial charge in [-0.1, -0.05) is 12.1 Å². The standard InChI is InChI=1S/C18H22N2O5/c1-3-24-15(21)13-9-6-7-11-20(13)17(23)18(2)16(22)19-12-8-4-5-10-14(12)25-18/h4-5,8,10,13H,3,6-7,9,11H2,1-2H3,(H,19,22). The third-order valence-corrected chi connectivity index (χ3v) is 4.61. The number of para-hydroxylation sites is 2. The topological polar surface area (TPSA) is 84.9 Å². The Bertz CT molecular complexity index is 704. The molecule has 0 aliphatic carbocycles. The molecule has 2 aliphatic rings. The Morgan fingerprint density at radius 1 is 1.36 bits per heavy atom. The quantitative estimate of drug-likeness (QED) is 0.665. The van der Waals surface area contributed by atoms with Gasteiger partial charge in [-0.3, -0.25) is 9.59 Å². The number of ether oxygens (including phenoxy) is 2. The molecule has 25 heavy (non-hydrogen) atoms. The number of benzene rings is 1. The maximum Gasteiger partial charge on any atom is 0.328 e. The van der Waals surface area contributed by atoms with Crippen molar-refractivity contribution < 1.29 is 23.9 Å². The molecule has 2 aliphatic heterocycles. The number of carbonyl (C=O) groups excluding carboxylic acids is 3. The van der Waals surface area contributed by atoms with Crippen molar-refractivity contribution in [1.29, 1.82) is 0 Å². The molecule has 134 valence electrons. The molecule has 1 N–H and O–H groups in total. The number of anilines is 1. The van der Waals surface area contributed by atoms with Gasteiger partial charge < -0.3 is 19.7 Å². The minimum atomic E-state index is -1.71. The molecular formula is C18H22N2O5. The highest BCUT2D eigenvalue weighted by molar-refractivity contribution is 6.15. The largest absolute Gasteiger partial charge is 0.466 e. The smallest absolute Gasteiger partial charge is 0.328 e. The third kappa shape index (κ3) is 3.06. The second-order valence-corrected chi connectivity index (χ2v) is 6.35. The number of amides is 2. The Hall–Kier alpha value is -2.57. The normalized spacial score (nSPS) is 25.4. The van der Waals surface area contributed by atoms with E-state index in [0.29, 0.717) is 24.4 Å². The summed E-state index contributed by atoms with van der Waals surface area (Å²) in [5, 5.41) is 2.71. The lowest BCUT2D eigenvalue weighted by Gasteiger charge is -2.41. The van der Waals surface area contributed by atoms with Gasteiger partial charge in [0.05, 0.1) is 12.3 Å². The summed E-state index contributed by atoms with van der Waals surface area (Å²) < 4.78 is 10.9. The van der Waals surface area contributed by atoms with Gasteiger partial charge in [0, 0.05) is 6.54 Å². The minimum Gasteiger partial charge on any atom is -0.466 e. The fourth-order valence-corrected chi connectivity index (χ4v) is 3.24. The summed E-state index contributed by atoms with van der Waals surface area (Å²) in [7, 11) is 0. The van der Waals surface area contributed by atoms with Gasteiger partial charge in [0.25, 0.3) is 17.4 Å². The Labute approximate surface area is 146 Å². The first-order chi connectivity index (χ1) is 12.0. The lowest BCUT2D eigenvalue weighted by molar-refractivity contribution is -0.166. The summed E-state index contributed by atoms with van der Waals surface area (Å²) in [6.45, 7) is 3.81. The zero-order valence-corrected chi connectivity index (χ0v) is 14.4. The van der Waals surface area contributed by atoms with Gasteiger partial charge in [-0.2, -0.15) is 0 Å². The van der Waals surface area contributed by atoms with Gasteiger partial charge in [-0.05, 0) is 45.2 Å². The predicted octanol–water partition coefficient (Wildman–Crippen LogP) is 1.72. The first kappa shape index (κ1) is 17.3. The summed E-state index contributed by atoms with van der Waals surface area (Å²) in [6, 6.07) is 6.27. The summed E-state index contributed by atoms with van der Waals surface area (Å²) >= 11 is 0. The maximum atomic E-state index is 13.1. The van der Waals surface area contributed by atoms with Gasteiger partial charge in [0.2, 0.25) is 0 Å². The zero-order chi connectivity index (χ0) is 18.0.